The van der Waals surface area contributed by atoms with Crippen LogP contribution in [-0.2, 0) is 0 Å². The van der Waals surface area contributed by atoms with Crippen molar-refractivity contribution in [3.05, 3.63) is 12.7 Å². The van der Waals surface area contributed by atoms with Gasteiger partial charge in [0.15, 0.2) is 0 Å². The SMILES string of the molecule is C=CCC(C)NCC(C)CCC. The van der Waals surface area contributed by atoms with Crippen molar-refractivity contribution in [2.24, 2.45) is 5.92 Å². The minimum absolute atomic E-state index is 0.585. The third-order valence-electron chi connectivity index (χ3n) is 2.12. The summed E-state index contributed by atoms with van der Waals surface area (Å²) in [7, 11) is 0. The molecule has 0 aliphatic heterocycles. The molecule has 0 rings (SSSR count). The van der Waals surface area contributed by atoms with Crippen molar-refractivity contribution in [3.63, 3.8) is 0 Å². The highest BCUT2D eigenvalue weighted by molar-refractivity contribution is 4.75. The van der Waals surface area contributed by atoms with E-state index >= 15 is 0 Å². The van der Waals surface area contributed by atoms with Gasteiger partial charge in [-0.15, -0.1) is 6.58 Å². The highest BCUT2D eigenvalue weighted by atomic mass is 14.9. The van der Waals surface area contributed by atoms with Gasteiger partial charge in [-0.3, -0.25) is 0 Å². The van der Waals surface area contributed by atoms with Crippen LogP contribution in [0.3, 0.4) is 0 Å². The third kappa shape index (κ3) is 6.41. The number of hydrogen-bond donors (Lipinski definition) is 1. The zero-order valence-electron chi connectivity index (χ0n) is 8.77. The van der Waals surface area contributed by atoms with E-state index in [-0.39, 0.29) is 0 Å². The maximum atomic E-state index is 3.72. The summed E-state index contributed by atoms with van der Waals surface area (Å²) in [6.45, 7) is 11.6. The molecule has 0 saturated heterocycles. The van der Waals surface area contributed by atoms with E-state index in [1.165, 1.54) is 12.8 Å². The van der Waals surface area contributed by atoms with Gasteiger partial charge in [-0.2, -0.15) is 0 Å². The molecule has 0 heterocycles. The first-order valence-corrected chi connectivity index (χ1v) is 5.05. The molecular weight excluding hydrogens is 146 g/mol. The molecule has 0 aromatic heterocycles. The van der Waals surface area contributed by atoms with Gasteiger partial charge in [-0.1, -0.05) is 26.3 Å². The maximum Gasteiger partial charge on any atom is 0.00732 e. The molecule has 0 aromatic carbocycles. The standard InChI is InChI=1S/C11H23N/c1-5-7-10(3)9-12-11(4)8-6-2/h6,10-12H,2,5,7-9H2,1,3-4H3. The summed E-state index contributed by atoms with van der Waals surface area (Å²) in [5.41, 5.74) is 0. The van der Waals surface area contributed by atoms with Crippen LogP contribution >= 0.6 is 0 Å². The van der Waals surface area contributed by atoms with Gasteiger partial charge in [0.2, 0.25) is 0 Å². The second kappa shape index (κ2) is 7.35. The van der Waals surface area contributed by atoms with Crippen LogP contribution in [0.2, 0.25) is 0 Å². The molecule has 0 aromatic rings. The Labute approximate surface area is 77.2 Å². The number of rotatable bonds is 7. The first-order chi connectivity index (χ1) is 5.70. The van der Waals surface area contributed by atoms with Gasteiger partial charge >= 0.3 is 0 Å². The first-order valence-electron chi connectivity index (χ1n) is 5.05. The fraction of sp³-hybridized carbons (Fsp3) is 0.818. The molecule has 0 radical (unpaired) electrons. The Morgan fingerprint density at radius 3 is 2.58 bits per heavy atom. The fourth-order valence-electron chi connectivity index (χ4n) is 1.33. The average Bonchev–Trinajstić information content (AvgIpc) is 2.02. The van der Waals surface area contributed by atoms with Crippen molar-refractivity contribution in [1.82, 2.24) is 5.32 Å². The molecule has 0 spiro atoms. The quantitative estimate of drug-likeness (QED) is 0.578. The molecule has 0 aliphatic rings. The van der Waals surface area contributed by atoms with Crippen molar-refractivity contribution in [2.45, 2.75) is 46.1 Å². The summed E-state index contributed by atoms with van der Waals surface area (Å²) in [4.78, 5) is 0. The summed E-state index contributed by atoms with van der Waals surface area (Å²) < 4.78 is 0. The smallest absolute Gasteiger partial charge is 0.00732 e. The summed E-state index contributed by atoms with van der Waals surface area (Å²) in [6.07, 6.45) is 5.66. The van der Waals surface area contributed by atoms with Gasteiger partial charge in [-0.05, 0) is 32.2 Å². The molecule has 2 unspecified atom stereocenters. The molecular formula is C11H23N. The molecule has 0 aliphatic carbocycles. The van der Waals surface area contributed by atoms with Gasteiger partial charge in [0.05, 0.1) is 0 Å². The molecule has 12 heavy (non-hydrogen) atoms. The summed E-state index contributed by atoms with van der Waals surface area (Å²) in [5.74, 6) is 0.808. The molecule has 1 N–H and O–H groups in total. The maximum absolute atomic E-state index is 3.72. The molecule has 0 fully saturated rings. The van der Waals surface area contributed by atoms with Crippen LogP contribution in [0.4, 0.5) is 0 Å². The zero-order chi connectivity index (χ0) is 9.40. The van der Waals surface area contributed by atoms with Crippen LogP contribution in [0.5, 0.6) is 0 Å². The highest BCUT2D eigenvalue weighted by Gasteiger charge is 2.02. The van der Waals surface area contributed by atoms with Crippen LogP contribution in [0.25, 0.3) is 0 Å². The molecule has 0 bridgehead atoms. The van der Waals surface area contributed by atoms with E-state index in [1.807, 2.05) is 6.08 Å². The summed E-state index contributed by atoms with van der Waals surface area (Å²) in [5, 5.41) is 3.50. The lowest BCUT2D eigenvalue weighted by Crippen LogP contribution is -2.29. The topological polar surface area (TPSA) is 12.0 Å². The lowest BCUT2D eigenvalue weighted by atomic mass is 10.1. The Morgan fingerprint density at radius 2 is 2.08 bits per heavy atom. The number of hydrogen-bond acceptors (Lipinski definition) is 1. The van der Waals surface area contributed by atoms with Gasteiger partial charge < -0.3 is 5.32 Å². The van der Waals surface area contributed by atoms with E-state index < -0.39 is 0 Å². The Balaban J connectivity index is 3.32. The van der Waals surface area contributed by atoms with E-state index in [1.54, 1.807) is 0 Å². The van der Waals surface area contributed by atoms with E-state index in [4.69, 9.17) is 0 Å². The van der Waals surface area contributed by atoms with Crippen molar-refractivity contribution in [2.75, 3.05) is 6.54 Å². The van der Waals surface area contributed by atoms with Gasteiger partial charge in [0.1, 0.15) is 0 Å². The predicted octanol–water partition coefficient (Wildman–Crippen LogP) is 2.98. The lowest BCUT2D eigenvalue weighted by molar-refractivity contribution is 0.439. The van der Waals surface area contributed by atoms with E-state index in [2.05, 4.69) is 32.7 Å². The molecule has 2 atom stereocenters. The molecule has 0 saturated carbocycles. The van der Waals surface area contributed by atoms with Crippen LogP contribution < -0.4 is 5.32 Å². The fourth-order valence-corrected chi connectivity index (χ4v) is 1.33. The normalized spacial score (nSPS) is 15.6. The zero-order valence-corrected chi connectivity index (χ0v) is 8.77. The second-order valence-electron chi connectivity index (χ2n) is 3.73. The largest absolute Gasteiger partial charge is 0.314 e. The Kier molecular flexibility index (Phi) is 7.17. The summed E-state index contributed by atoms with van der Waals surface area (Å²) >= 11 is 0. The van der Waals surface area contributed by atoms with E-state index in [0.717, 1.165) is 18.9 Å². The van der Waals surface area contributed by atoms with E-state index in [0.29, 0.717) is 6.04 Å². The minimum Gasteiger partial charge on any atom is -0.314 e. The second-order valence-corrected chi connectivity index (χ2v) is 3.73. The van der Waals surface area contributed by atoms with Crippen LogP contribution in [0.15, 0.2) is 12.7 Å². The van der Waals surface area contributed by atoms with Gasteiger partial charge in [0, 0.05) is 6.04 Å². The Bertz CT molecular complexity index is 110. The first kappa shape index (κ1) is 11.7. The molecule has 1 nitrogen and oxygen atoms in total. The van der Waals surface area contributed by atoms with Crippen LogP contribution in [0.1, 0.15) is 40.0 Å². The average molecular weight is 169 g/mol. The van der Waals surface area contributed by atoms with E-state index in [9.17, 15) is 0 Å². The molecule has 1 heteroatoms. The minimum atomic E-state index is 0.585. The van der Waals surface area contributed by atoms with Crippen molar-refractivity contribution in [3.8, 4) is 0 Å². The van der Waals surface area contributed by atoms with Crippen molar-refractivity contribution in [1.29, 1.82) is 0 Å². The van der Waals surface area contributed by atoms with Crippen molar-refractivity contribution < 1.29 is 0 Å². The third-order valence-corrected chi connectivity index (χ3v) is 2.12. The van der Waals surface area contributed by atoms with Crippen LogP contribution in [0, 0.1) is 5.92 Å². The molecule has 0 amide bonds. The lowest BCUT2D eigenvalue weighted by Gasteiger charge is -2.15. The predicted molar refractivity (Wildman–Crippen MR) is 56.4 cm³/mol. The monoisotopic (exact) mass is 169 g/mol. The number of nitrogens with one attached hydrogen (secondary N) is 1. The van der Waals surface area contributed by atoms with Gasteiger partial charge in [-0.25, -0.2) is 0 Å². The van der Waals surface area contributed by atoms with Crippen LogP contribution in [-0.4, -0.2) is 12.6 Å². The molecule has 72 valence electrons. The Morgan fingerprint density at radius 1 is 1.42 bits per heavy atom. The summed E-state index contributed by atoms with van der Waals surface area (Å²) in [6, 6.07) is 0.585. The van der Waals surface area contributed by atoms with Crippen molar-refractivity contribution >= 4 is 0 Å². The Hall–Kier alpha value is -0.300. The van der Waals surface area contributed by atoms with Gasteiger partial charge in [0.25, 0.3) is 0 Å². The highest BCUT2D eigenvalue weighted by Crippen LogP contribution is 2.03.